The summed E-state index contributed by atoms with van der Waals surface area (Å²) in [5.41, 5.74) is 7.81. The Bertz CT molecular complexity index is 548. The maximum absolute atomic E-state index is 6.22. The van der Waals surface area contributed by atoms with Crippen LogP contribution in [0.5, 0.6) is 5.75 Å². The lowest BCUT2D eigenvalue weighted by Crippen LogP contribution is -2.16. The molecule has 0 saturated heterocycles. The van der Waals surface area contributed by atoms with Gasteiger partial charge in [0.2, 0.25) is 0 Å². The first kappa shape index (κ1) is 13.2. The summed E-state index contributed by atoms with van der Waals surface area (Å²) < 4.78 is 6.92. The number of halogens is 2. The minimum absolute atomic E-state index is 0.399. The summed E-state index contributed by atoms with van der Waals surface area (Å²) in [6.45, 7) is 0. The number of hydrogen-bond donors (Lipinski definition) is 1. The Balaban J connectivity index is 2.47. The minimum atomic E-state index is -0.399. The average molecular weight is 286 g/mol. The quantitative estimate of drug-likeness (QED) is 0.944. The van der Waals surface area contributed by atoms with E-state index in [1.54, 1.807) is 36.2 Å². The molecule has 1 atom stereocenters. The van der Waals surface area contributed by atoms with Gasteiger partial charge >= 0.3 is 0 Å². The third kappa shape index (κ3) is 2.46. The topological polar surface area (TPSA) is 53.1 Å². The van der Waals surface area contributed by atoms with Gasteiger partial charge in [0.05, 0.1) is 19.3 Å². The molecule has 0 radical (unpaired) electrons. The lowest BCUT2D eigenvalue weighted by Gasteiger charge is -2.15. The first-order chi connectivity index (χ1) is 8.52. The second-order valence-corrected chi connectivity index (χ2v) is 4.78. The molecule has 0 aliphatic carbocycles. The standard InChI is InChI=1S/C12H13Cl2N3O/c1-17-12(10(18-2)6-16-17)11(15)7-3-8(13)5-9(14)4-7/h3-6,11H,15H2,1-2H3. The van der Waals surface area contributed by atoms with Crippen LogP contribution in [0.1, 0.15) is 17.3 Å². The number of aromatic nitrogens is 2. The Morgan fingerprint density at radius 3 is 2.44 bits per heavy atom. The summed E-state index contributed by atoms with van der Waals surface area (Å²) in [4.78, 5) is 0. The molecule has 1 aromatic heterocycles. The van der Waals surface area contributed by atoms with Gasteiger partial charge < -0.3 is 10.5 Å². The molecule has 18 heavy (non-hydrogen) atoms. The summed E-state index contributed by atoms with van der Waals surface area (Å²) >= 11 is 12.0. The highest BCUT2D eigenvalue weighted by molar-refractivity contribution is 6.34. The van der Waals surface area contributed by atoms with Crippen molar-refractivity contribution >= 4 is 23.2 Å². The smallest absolute Gasteiger partial charge is 0.161 e. The van der Waals surface area contributed by atoms with Crippen LogP contribution >= 0.6 is 23.2 Å². The predicted octanol–water partition coefficient (Wildman–Crippen LogP) is 2.78. The van der Waals surface area contributed by atoms with Crippen molar-refractivity contribution in [3.05, 3.63) is 45.7 Å². The predicted molar refractivity (Wildman–Crippen MR) is 72.3 cm³/mol. The number of nitrogens with zero attached hydrogens (tertiary/aromatic N) is 2. The highest BCUT2D eigenvalue weighted by Gasteiger charge is 2.19. The Hall–Kier alpha value is -1.23. The first-order valence-electron chi connectivity index (χ1n) is 5.30. The maximum atomic E-state index is 6.22. The minimum Gasteiger partial charge on any atom is -0.493 e. The molecule has 4 nitrogen and oxygen atoms in total. The Labute approximate surface area is 115 Å². The molecular formula is C12H13Cl2N3O. The van der Waals surface area contributed by atoms with Crippen LogP contribution in [-0.2, 0) is 7.05 Å². The van der Waals surface area contributed by atoms with Crippen molar-refractivity contribution in [2.24, 2.45) is 12.8 Å². The van der Waals surface area contributed by atoms with Gasteiger partial charge in [-0.15, -0.1) is 0 Å². The molecule has 1 unspecified atom stereocenters. The second-order valence-electron chi connectivity index (χ2n) is 3.90. The van der Waals surface area contributed by atoms with Crippen LogP contribution in [0.25, 0.3) is 0 Å². The Kier molecular flexibility index (Phi) is 3.80. The Morgan fingerprint density at radius 2 is 1.89 bits per heavy atom. The van der Waals surface area contributed by atoms with Gasteiger partial charge in [-0.25, -0.2) is 0 Å². The monoisotopic (exact) mass is 285 g/mol. The number of ether oxygens (including phenoxy) is 1. The van der Waals surface area contributed by atoms with E-state index in [1.807, 2.05) is 7.05 Å². The van der Waals surface area contributed by atoms with Crippen LogP contribution < -0.4 is 10.5 Å². The van der Waals surface area contributed by atoms with Gasteiger partial charge in [0.1, 0.15) is 5.69 Å². The van der Waals surface area contributed by atoms with Gasteiger partial charge in [0, 0.05) is 17.1 Å². The van der Waals surface area contributed by atoms with Crippen molar-refractivity contribution in [3.63, 3.8) is 0 Å². The van der Waals surface area contributed by atoms with E-state index >= 15 is 0 Å². The lowest BCUT2D eigenvalue weighted by atomic mass is 10.0. The highest BCUT2D eigenvalue weighted by atomic mass is 35.5. The van der Waals surface area contributed by atoms with E-state index in [4.69, 9.17) is 33.7 Å². The van der Waals surface area contributed by atoms with Gasteiger partial charge in [-0.05, 0) is 23.8 Å². The summed E-state index contributed by atoms with van der Waals surface area (Å²) in [5.74, 6) is 0.640. The second kappa shape index (κ2) is 5.18. The molecule has 0 amide bonds. The summed E-state index contributed by atoms with van der Waals surface area (Å²) in [7, 11) is 3.39. The van der Waals surface area contributed by atoms with Crippen molar-refractivity contribution in [1.29, 1.82) is 0 Å². The van der Waals surface area contributed by atoms with Crippen LogP contribution in [0.3, 0.4) is 0 Å². The number of aryl methyl sites for hydroxylation is 1. The molecular weight excluding hydrogens is 273 g/mol. The molecule has 96 valence electrons. The van der Waals surface area contributed by atoms with Gasteiger partial charge in [-0.2, -0.15) is 5.10 Å². The molecule has 2 N–H and O–H groups in total. The van der Waals surface area contributed by atoms with E-state index < -0.39 is 6.04 Å². The van der Waals surface area contributed by atoms with E-state index in [0.29, 0.717) is 15.8 Å². The fourth-order valence-electron chi connectivity index (χ4n) is 1.85. The van der Waals surface area contributed by atoms with Crippen LogP contribution in [0.15, 0.2) is 24.4 Å². The van der Waals surface area contributed by atoms with Crippen molar-refractivity contribution < 1.29 is 4.74 Å². The molecule has 6 heteroatoms. The zero-order chi connectivity index (χ0) is 13.3. The summed E-state index contributed by atoms with van der Waals surface area (Å²) in [5, 5.41) is 5.22. The number of hydrogen-bond acceptors (Lipinski definition) is 3. The maximum Gasteiger partial charge on any atom is 0.161 e. The number of nitrogens with two attached hydrogens (primary N) is 1. The third-order valence-electron chi connectivity index (χ3n) is 2.71. The molecule has 0 fully saturated rings. The molecule has 2 aromatic rings. The van der Waals surface area contributed by atoms with Crippen molar-refractivity contribution in [1.82, 2.24) is 9.78 Å². The van der Waals surface area contributed by atoms with Crippen LogP contribution in [-0.4, -0.2) is 16.9 Å². The van der Waals surface area contributed by atoms with Gasteiger partial charge in [-0.1, -0.05) is 23.2 Å². The van der Waals surface area contributed by atoms with E-state index in [-0.39, 0.29) is 0 Å². The van der Waals surface area contributed by atoms with Crippen molar-refractivity contribution in [2.45, 2.75) is 6.04 Å². The van der Waals surface area contributed by atoms with Gasteiger partial charge in [0.25, 0.3) is 0 Å². The SMILES string of the molecule is COc1cnn(C)c1C(N)c1cc(Cl)cc(Cl)c1. The van der Waals surface area contributed by atoms with Gasteiger partial charge in [0.15, 0.2) is 5.75 Å². The van der Waals surface area contributed by atoms with Crippen LogP contribution in [0, 0.1) is 0 Å². The van der Waals surface area contributed by atoms with E-state index in [0.717, 1.165) is 11.3 Å². The van der Waals surface area contributed by atoms with Crippen LogP contribution in [0.4, 0.5) is 0 Å². The Morgan fingerprint density at radius 1 is 1.28 bits per heavy atom. The molecule has 0 saturated carbocycles. The average Bonchev–Trinajstić information content (AvgIpc) is 2.68. The highest BCUT2D eigenvalue weighted by Crippen LogP contribution is 2.30. The zero-order valence-electron chi connectivity index (χ0n) is 10.0. The number of rotatable bonds is 3. The normalized spacial score (nSPS) is 12.5. The molecule has 1 heterocycles. The number of benzene rings is 1. The molecule has 0 spiro atoms. The van der Waals surface area contributed by atoms with Crippen LogP contribution in [0.2, 0.25) is 10.0 Å². The van der Waals surface area contributed by atoms with Crippen molar-refractivity contribution in [3.8, 4) is 5.75 Å². The lowest BCUT2D eigenvalue weighted by molar-refractivity contribution is 0.406. The molecule has 0 aliphatic rings. The number of methoxy groups -OCH3 is 1. The largest absolute Gasteiger partial charge is 0.493 e. The van der Waals surface area contributed by atoms with E-state index in [1.165, 1.54) is 0 Å². The molecule has 2 rings (SSSR count). The molecule has 0 bridgehead atoms. The van der Waals surface area contributed by atoms with E-state index in [9.17, 15) is 0 Å². The zero-order valence-corrected chi connectivity index (χ0v) is 11.5. The fraction of sp³-hybridized carbons (Fsp3) is 0.250. The fourth-order valence-corrected chi connectivity index (χ4v) is 2.39. The van der Waals surface area contributed by atoms with E-state index in [2.05, 4.69) is 5.10 Å². The van der Waals surface area contributed by atoms with Gasteiger partial charge in [-0.3, -0.25) is 4.68 Å². The summed E-state index contributed by atoms with van der Waals surface area (Å²) in [6, 6.07) is 4.83. The van der Waals surface area contributed by atoms with Crippen molar-refractivity contribution in [2.75, 3.05) is 7.11 Å². The summed E-state index contributed by atoms with van der Waals surface area (Å²) in [6.07, 6.45) is 1.63. The first-order valence-corrected chi connectivity index (χ1v) is 6.06. The molecule has 0 aliphatic heterocycles. The molecule has 1 aromatic carbocycles. The third-order valence-corrected chi connectivity index (χ3v) is 3.14.